The number of aryl methyl sites for hydroxylation is 1. The maximum Gasteiger partial charge on any atom is 0.229 e. The van der Waals surface area contributed by atoms with E-state index in [1.165, 1.54) is 0 Å². The van der Waals surface area contributed by atoms with Crippen molar-refractivity contribution in [3.05, 3.63) is 23.8 Å². The Morgan fingerprint density at radius 3 is 2.68 bits per heavy atom. The van der Waals surface area contributed by atoms with Crippen molar-refractivity contribution < 1.29 is 13.2 Å². The number of hydrogen-bond donors (Lipinski definition) is 3. The van der Waals surface area contributed by atoms with Gasteiger partial charge in [0.25, 0.3) is 0 Å². The fraction of sp³-hybridized carbons (Fsp3) is 0.500. The summed E-state index contributed by atoms with van der Waals surface area (Å²) < 4.78 is 25.1. The van der Waals surface area contributed by atoms with Gasteiger partial charge >= 0.3 is 0 Å². The maximum absolute atomic E-state index is 12.2. The van der Waals surface area contributed by atoms with Crippen molar-refractivity contribution in [1.82, 2.24) is 5.32 Å². The van der Waals surface area contributed by atoms with Gasteiger partial charge in [0, 0.05) is 12.2 Å². The van der Waals surface area contributed by atoms with Crippen molar-refractivity contribution in [3.8, 4) is 0 Å². The highest BCUT2D eigenvalue weighted by atomic mass is 35.5. The van der Waals surface area contributed by atoms with Gasteiger partial charge in [-0.1, -0.05) is 6.07 Å². The maximum atomic E-state index is 12.2. The minimum Gasteiger partial charge on any atom is -0.326 e. The highest BCUT2D eigenvalue weighted by molar-refractivity contribution is 7.92. The summed E-state index contributed by atoms with van der Waals surface area (Å²) in [5.41, 5.74) is 1.89. The predicted octanol–water partition coefficient (Wildman–Crippen LogP) is 1.73. The van der Waals surface area contributed by atoms with Crippen LogP contribution in [-0.2, 0) is 14.8 Å². The van der Waals surface area contributed by atoms with Crippen LogP contribution in [0.4, 0.5) is 11.4 Å². The lowest BCUT2D eigenvalue weighted by atomic mass is 9.99. The van der Waals surface area contributed by atoms with E-state index in [1.807, 2.05) is 6.92 Å². The Bertz CT molecular complexity index is 628. The molecule has 0 aliphatic carbocycles. The lowest BCUT2D eigenvalue weighted by Crippen LogP contribution is -2.37. The molecule has 1 amide bonds. The summed E-state index contributed by atoms with van der Waals surface area (Å²) >= 11 is 0. The molecule has 0 spiro atoms. The van der Waals surface area contributed by atoms with E-state index >= 15 is 0 Å². The molecular weight excluding hydrogens is 326 g/mol. The molecule has 1 aromatic rings. The molecule has 1 atom stereocenters. The van der Waals surface area contributed by atoms with Gasteiger partial charge in [0.2, 0.25) is 15.9 Å². The standard InChI is InChI=1S/C14H21N3O3S.ClH/c1-10-5-6-12(8-13(10)17-21(2,19)20)16-14(18)11-4-3-7-15-9-11;/h5-6,8,11,15,17H,3-4,7,9H2,1-2H3,(H,16,18);1H. The summed E-state index contributed by atoms with van der Waals surface area (Å²) in [6.07, 6.45) is 2.97. The predicted molar refractivity (Wildman–Crippen MR) is 91.1 cm³/mol. The van der Waals surface area contributed by atoms with Crippen LogP contribution in [0.25, 0.3) is 0 Å². The smallest absolute Gasteiger partial charge is 0.229 e. The van der Waals surface area contributed by atoms with Crippen LogP contribution in [0.3, 0.4) is 0 Å². The van der Waals surface area contributed by atoms with Crippen LogP contribution in [0.15, 0.2) is 18.2 Å². The van der Waals surface area contributed by atoms with Crippen molar-refractivity contribution in [2.45, 2.75) is 19.8 Å². The van der Waals surface area contributed by atoms with Crippen LogP contribution >= 0.6 is 12.4 Å². The summed E-state index contributed by atoms with van der Waals surface area (Å²) in [5, 5.41) is 6.05. The van der Waals surface area contributed by atoms with Gasteiger partial charge in [-0.15, -0.1) is 12.4 Å². The van der Waals surface area contributed by atoms with Crippen LogP contribution in [-0.4, -0.2) is 33.7 Å². The van der Waals surface area contributed by atoms with Crippen molar-refractivity contribution >= 4 is 39.7 Å². The molecule has 22 heavy (non-hydrogen) atoms. The lowest BCUT2D eigenvalue weighted by molar-refractivity contribution is -0.120. The molecule has 1 aromatic carbocycles. The third-order valence-electron chi connectivity index (χ3n) is 3.47. The molecule has 1 aliphatic rings. The number of carbonyl (C=O) groups is 1. The number of halogens is 1. The zero-order valence-corrected chi connectivity index (χ0v) is 14.3. The second-order valence-corrected chi connectivity index (χ2v) is 7.18. The molecule has 6 nitrogen and oxygen atoms in total. The molecule has 3 N–H and O–H groups in total. The van der Waals surface area contributed by atoms with E-state index in [0.29, 0.717) is 17.9 Å². The molecule has 8 heteroatoms. The first-order chi connectivity index (χ1) is 9.85. The quantitative estimate of drug-likeness (QED) is 0.774. The number of piperidine rings is 1. The van der Waals surface area contributed by atoms with E-state index in [9.17, 15) is 13.2 Å². The van der Waals surface area contributed by atoms with Crippen molar-refractivity contribution in [3.63, 3.8) is 0 Å². The number of sulfonamides is 1. The lowest BCUT2D eigenvalue weighted by Gasteiger charge is -2.22. The molecule has 0 radical (unpaired) electrons. The van der Waals surface area contributed by atoms with Gasteiger partial charge in [0.05, 0.1) is 17.9 Å². The molecule has 1 heterocycles. The van der Waals surface area contributed by atoms with Crippen molar-refractivity contribution in [2.24, 2.45) is 5.92 Å². The molecule has 124 valence electrons. The van der Waals surface area contributed by atoms with Crippen LogP contribution in [0.2, 0.25) is 0 Å². The van der Waals surface area contributed by atoms with Crippen LogP contribution in [0.5, 0.6) is 0 Å². The zero-order valence-electron chi connectivity index (χ0n) is 12.7. The number of hydrogen-bond acceptors (Lipinski definition) is 4. The van der Waals surface area contributed by atoms with Gasteiger partial charge in [-0.2, -0.15) is 0 Å². The summed E-state index contributed by atoms with van der Waals surface area (Å²) in [7, 11) is -3.34. The fourth-order valence-corrected chi connectivity index (χ4v) is 2.95. The van der Waals surface area contributed by atoms with Crippen LogP contribution in [0.1, 0.15) is 18.4 Å². The molecule has 0 bridgehead atoms. The van der Waals surface area contributed by atoms with Crippen molar-refractivity contribution in [2.75, 3.05) is 29.4 Å². The van der Waals surface area contributed by atoms with Gasteiger partial charge in [-0.3, -0.25) is 9.52 Å². The van der Waals surface area contributed by atoms with E-state index in [0.717, 1.165) is 31.2 Å². The summed E-state index contributed by atoms with van der Waals surface area (Å²) in [6, 6.07) is 5.20. The molecular formula is C14H22ClN3O3S. The van der Waals surface area contributed by atoms with Gasteiger partial charge in [-0.25, -0.2) is 8.42 Å². The highest BCUT2D eigenvalue weighted by Gasteiger charge is 2.21. The van der Waals surface area contributed by atoms with E-state index in [-0.39, 0.29) is 24.2 Å². The molecule has 1 fully saturated rings. The average Bonchev–Trinajstić information content (AvgIpc) is 2.42. The molecule has 2 rings (SSSR count). The Kier molecular flexibility index (Phi) is 6.65. The monoisotopic (exact) mass is 347 g/mol. The second-order valence-electron chi connectivity index (χ2n) is 5.44. The number of nitrogens with one attached hydrogen (secondary N) is 3. The van der Waals surface area contributed by atoms with Gasteiger partial charge in [0.1, 0.15) is 0 Å². The molecule has 0 aromatic heterocycles. The SMILES string of the molecule is Cc1ccc(NC(=O)C2CCCNC2)cc1NS(C)(=O)=O.Cl. The Balaban J connectivity index is 0.00000242. The minimum absolute atomic E-state index is 0. The topological polar surface area (TPSA) is 87.3 Å². The van der Waals surface area contributed by atoms with Crippen LogP contribution < -0.4 is 15.4 Å². The third-order valence-corrected chi connectivity index (χ3v) is 4.06. The highest BCUT2D eigenvalue weighted by Crippen LogP contribution is 2.22. The zero-order chi connectivity index (χ0) is 15.5. The van der Waals surface area contributed by atoms with E-state index in [4.69, 9.17) is 0 Å². The van der Waals surface area contributed by atoms with Gasteiger partial charge in [0.15, 0.2) is 0 Å². The fourth-order valence-electron chi connectivity index (χ4n) is 2.33. The largest absolute Gasteiger partial charge is 0.326 e. The summed E-state index contributed by atoms with van der Waals surface area (Å²) in [6.45, 7) is 3.45. The van der Waals surface area contributed by atoms with Gasteiger partial charge < -0.3 is 10.6 Å². The Labute approximate surface area is 137 Å². The summed E-state index contributed by atoms with van der Waals surface area (Å²) in [5.74, 6) is -0.0669. The number of benzene rings is 1. The summed E-state index contributed by atoms with van der Waals surface area (Å²) in [4.78, 5) is 12.2. The third kappa shape index (κ3) is 5.47. The Morgan fingerprint density at radius 2 is 2.09 bits per heavy atom. The first kappa shape index (κ1) is 18.7. The van der Waals surface area contributed by atoms with E-state index in [1.54, 1.807) is 18.2 Å². The van der Waals surface area contributed by atoms with E-state index in [2.05, 4.69) is 15.4 Å². The number of anilines is 2. The number of amides is 1. The first-order valence-corrected chi connectivity index (χ1v) is 8.84. The number of rotatable bonds is 4. The Hall–Kier alpha value is -1.31. The van der Waals surface area contributed by atoms with E-state index < -0.39 is 10.0 Å². The van der Waals surface area contributed by atoms with Crippen molar-refractivity contribution in [1.29, 1.82) is 0 Å². The normalized spacial score (nSPS) is 18.2. The van der Waals surface area contributed by atoms with Gasteiger partial charge in [-0.05, 0) is 44.0 Å². The molecule has 0 saturated carbocycles. The molecule has 1 saturated heterocycles. The average molecular weight is 348 g/mol. The number of carbonyl (C=O) groups excluding carboxylic acids is 1. The second kappa shape index (κ2) is 7.80. The van der Waals surface area contributed by atoms with Crippen LogP contribution in [0, 0.1) is 12.8 Å². The first-order valence-electron chi connectivity index (χ1n) is 6.95. The Morgan fingerprint density at radius 1 is 1.36 bits per heavy atom. The molecule has 1 aliphatic heterocycles. The molecule has 1 unspecified atom stereocenters. The minimum atomic E-state index is -3.34.